The topological polar surface area (TPSA) is 101 Å². The van der Waals surface area contributed by atoms with Crippen molar-refractivity contribution in [1.29, 1.82) is 0 Å². The van der Waals surface area contributed by atoms with Gasteiger partial charge in [-0.3, -0.25) is 9.48 Å². The molecule has 0 unspecified atom stereocenters. The maximum Gasteiger partial charge on any atom is 0.325 e. The van der Waals surface area contributed by atoms with Gasteiger partial charge < -0.3 is 5.11 Å². The Morgan fingerprint density at radius 2 is 2.28 bits per heavy atom. The molecule has 8 heteroatoms. The highest BCUT2D eigenvalue weighted by Crippen LogP contribution is 2.27. The van der Waals surface area contributed by atoms with Crippen LogP contribution in [0.25, 0.3) is 0 Å². The van der Waals surface area contributed by atoms with Gasteiger partial charge in [-0.2, -0.15) is 5.10 Å². The van der Waals surface area contributed by atoms with Gasteiger partial charge in [-0.25, -0.2) is 13.1 Å². The number of rotatable bonds is 5. The zero-order valence-electron chi connectivity index (χ0n) is 9.91. The van der Waals surface area contributed by atoms with Crippen molar-refractivity contribution < 1.29 is 18.3 Å². The van der Waals surface area contributed by atoms with E-state index in [2.05, 4.69) is 16.7 Å². The molecule has 2 rings (SSSR count). The summed E-state index contributed by atoms with van der Waals surface area (Å²) in [6.07, 6.45) is 4.05. The number of aromatic nitrogens is 2. The minimum absolute atomic E-state index is 0.00306. The van der Waals surface area contributed by atoms with Crippen LogP contribution in [-0.4, -0.2) is 35.3 Å². The minimum atomic E-state index is -3.59. The second-order valence-corrected chi connectivity index (χ2v) is 6.38. The lowest BCUT2D eigenvalue weighted by Gasteiger charge is -2.32. The van der Waals surface area contributed by atoms with Crippen molar-refractivity contribution in [1.82, 2.24) is 14.5 Å². The molecule has 0 spiro atoms. The fourth-order valence-electron chi connectivity index (χ4n) is 1.99. The monoisotopic (exact) mass is 273 g/mol. The first-order chi connectivity index (χ1) is 8.37. The predicted octanol–water partition coefficient (Wildman–Crippen LogP) is 0.0445. The number of hydrogen-bond acceptors (Lipinski definition) is 4. The third-order valence-electron chi connectivity index (χ3n) is 2.91. The normalized spacial score (nSPS) is 23.6. The molecule has 2 N–H and O–H groups in total. The van der Waals surface area contributed by atoms with Gasteiger partial charge in [-0.15, -0.1) is 0 Å². The highest BCUT2D eigenvalue weighted by Gasteiger charge is 2.30. The van der Waals surface area contributed by atoms with Crippen LogP contribution in [-0.2, 0) is 21.4 Å². The van der Waals surface area contributed by atoms with Gasteiger partial charge in [0.1, 0.15) is 11.4 Å². The molecule has 0 amide bonds. The summed E-state index contributed by atoms with van der Waals surface area (Å²) in [5.74, 6) is -0.518. The summed E-state index contributed by atoms with van der Waals surface area (Å²) in [7, 11) is -3.59. The Bertz CT molecular complexity index is 545. The quantitative estimate of drug-likeness (QED) is 0.789. The zero-order valence-corrected chi connectivity index (χ0v) is 10.7. The van der Waals surface area contributed by atoms with E-state index < -0.39 is 16.0 Å². The number of hydrogen-bond donors (Lipinski definition) is 2. The fraction of sp³-hybridized carbons (Fsp3) is 0.600. The average molecular weight is 273 g/mol. The Balaban J connectivity index is 2.05. The van der Waals surface area contributed by atoms with E-state index in [-0.39, 0.29) is 17.5 Å². The highest BCUT2D eigenvalue weighted by molar-refractivity contribution is 7.89. The lowest BCUT2D eigenvalue weighted by atomic mass is 9.83. The molecule has 1 heterocycles. The van der Waals surface area contributed by atoms with Gasteiger partial charge in [0.2, 0.25) is 10.0 Å². The summed E-state index contributed by atoms with van der Waals surface area (Å²) < 4.78 is 27.5. The number of nitrogens with zero attached hydrogens (tertiary/aromatic N) is 2. The molecule has 1 aliphatic carbocycles. The Morgan fingerprint density at radius 1 is 1.61 bits per heavy atom. The third kappa shape index (κ3) is 2.88. The Labute approximate surface area is 105 Å². The second-order valence-electron chi connectivity index (χ2n) is 4.66. The van der Waals surface area contributed by atoms with E-state index in [0.29, 0.717) is 5.92 Å². The fourth-order valence-corrected chi connectivity index (χ4v) is 3.21. The van der Waals surface area contributed by atoms with Gasteiger partial charge in [0.05, 0.1) is 6.20 Å². The van der Waals surface area contributed by atoms with Crippen molar-refractivity contribution in [3.05, 3.63) is 12.4 Å². The Kier molecular flexibility index (Phi) is 3.40. The predicted molar refractivity (Wildman–Crippen MR) is 62.4 cm³/mol. The Morgan fingerprint density at radius 3 is 2.83 bits per heavy atom. The molecule has 1 aromatic heterocycles. The third-order valence-corrected chi connectivity index (χ3v) is 4.39. The van der Waals surface area contributed by atoms with E-state index in [1.54, 1.807) is 0 Å². The standard InChI is InChI=1S/C10H15N3O4S/c1-7-2-8(3-7)12-18(16,17)9-4-11-13(5-9)6-10(14)15/h4-5,7-8,12H,2-3,6H2,1H3,(H,14,15). The maximum atomic E-state index is 11.9. The van der Waals surface area contributed by atoms with Crippen LogP contribution >= 0.6 is 0 Å². The van der Waals surface area contributed by atoms with Crippen molar-refractivity contribution >= 4 is 16.0 Å². The number of nitrogens with one attached hydrogen (secondary N) is 1. The molecule has 0 aliphatic heterocycles. The van der Waals surface area contributed by atoms with Crippen molar-refractivity contribution in [2.24, 2.45) is 5.92 Å². The van der Waals surface area contributed by atoms with Crippen molar-refractivity contribution in [2.75, 3.05) is 0 Å². The summed E-state index contributed by atoms with van der Waals surface area (Å²) in [5, 5.41) is 12.3. The van der Waals surface area contributed by atoms with E-state index in [1.165, 1.54) is 6.20 Å². The first kappa shape index (κ1) is 13.0. The molecule has 0 saturated heterocycles. The molecular formula is C10H15N3O4S. The molecule has 100 valence electrons. The number of carboxylic acids is 1. The molecule has 1 aliphatic rings. The summed E-state index contributed by atoms with van der Waals surface area (Å²) in [6.45, 7) is 1.71. The summed E-state index contributed by atoms with van der Waals surface area (Å²) >= 11 is 0. The van der Waals surface area contributed by atoms with Gasteiger partial charge in [-0.1, -0.05) is 6.92 Å². The van der Waals surface area contributed by atoms with Crippen LogP contribution in [0.5, 0.6) is 0 Å². The van der Waals surface area contributed by atoms with Crippen LogP contribution in [0.4, 0.5) is 0 Å². The number of sulfonamides is 1. The van der Waals surface area contributed by atoms with E-state index in [0.717, 1.165) is 23.7 Å². The largest absolute Gasteiger partial charge is 0.480 e. The van der Waals surface area contributed by atoms with Crippen molar-refractivity contribution in [3.8, 4) is 0 Å². The molecule has 7 nitrogen and oxygen atoms in total. The molecule has 0 atom stereocenters. The summed E-state index contributed by atoms with van der Waals surface area (Å²) in [4.78, 5) is 10.5. The van der Waals surface area contributed by atoms with Crippen LogP contribution in [0.15, 0.2) is 17.3 Å². The number of carbonyl (C=O) groups is 1. The SMILES string of the molecule is CC1CC(NS(=O)(=O)c2cnn(CC(=O)O)c2)C1. The molecule has 1 aromatic rings. The van der Waals surface area contributed by atoms with Gasteiger partial charge in [0.25, 0.3) is 0 Å². The summed E-state index contributed by atoms with van der Waals surface area (Å²) in [6, 6.07) is -0.0205. The van der Waals surface area contributed by atoms with Gasteiger partial charge in [0, 0.05) is 12.2 Å². The van der Waals surface area contributed by atoms with E-state index in [4.69, 9.17) is 5.11 Å². The first-order valence-electron chi connectivity index (χ1n) is 5.63. The van der Waals surface area contributed by atoms with Crippen LogP contribution in [0.2, 0.25) is 0 Å². The van der Waals surface area contributed by atoms with E-state index in [1.807, 2.05) is 0 Å². The van der Waals surface area contributed by atoms with Gasteiger partial charge in [-0.05, 0) is 18.8 Å². The smallest absolute Gasteiger partial charge is 0.325 e. The zero-order chi connectivity index (χ0) is 13.3. The second kappa shape index (κ2) is 4.69. The maximum absolute atomic E-state index is 11.9. The van der Waals surface area contributed by atoms with Crippen molar-refractivity contribution in [2.45, 2.75) is 37.2 Å². The molecule has 0 radical (unpaired) electrons. The minimum Gasteiger partial charge on any atom is -0.480 e. The summed E-state index contributed by atoms with van der Waals surface area (Å²) in [5.41, 5.74) is 0. The number of carboxylic acid groups (broad SMARTS) is 1. The van der Waals surface area contributed by atoms with Crippen LogP contribution in [0.1, 0.15) is 19.8 Å². The Hall–Kier alpha value is -1.41. The lowest BCUT2D eigenvalue weighted by Crippen LogP contribution is -2.43. The number of aliphatic carboxylic acids is 1. The van der Waals surface area contributed by atoms with Crippen LogP contribution in [0, 0.1) is 5.92 Å². The molecule has 0 aromatic carbocycles. The van der Waals surface area contributed by atoms with E-state index in [9.17, 15) is 13.2 Å². The van der Waals surface area contributed by atoms with Crippen LogP contribution < -0.4 is 4.72 Å². The molecule has 18 heavy (non-hydrogen) atoms. The van der Waals surface area contributed by atoms with Crippen LogP contribution in [0.3, 0.4) is 0 Å². The average Bonchev–Trinajstić information content (AvgIpc) is 2.63. The molecule has 1 saturated carbocycles. The highest BCUT2D eigenvalue weighted by atomic mass is 32.2. The van der Waals surface area contributed by atoms with Gasteiger partial charge in [0.15, 0.2) is 0 Å². The van der Waals surface area contributed by atoms with E-state index >= 15 is 0 Å². The van der Waals surface area contributed by atoms with Gasteiger partial charge >= 0.3 is 5.97 Å². The molecule has 0 bridgehead atoms. The molecular weight excluding hydrogens is 258 g/mol. The lowest BCUT2D eigenvalue weighted by molar-refractivity contribution is -0.137. The van der Waals surface area contributed by atoms with Crippen molar-refractivity contribution in [3.63, 3.8) is 0 Å². The first-order valence-corrected chi connectivity index (χ1v) is 7.12. The molecule has 1 fully saturated rings.